The van der Waals surface area contributed by atoms with Gasteiger partial charge in [0.2, 0.25) is 0 Å². The Balaban J connectivity index is 2.01. The maximum atomic E-state index is 12.5. The minimum absolute atomic E-state index is 0.0696. The van der Waals surface area contributed by atoms with Crippen LogP contribution in [0, 0.1) is 0 Å². The lowest BCUT2D eigenvalue weighted by Gasteiger charge is -2.10. The summed E-state index contributed by atoms with van der Waals surface area (Å²) in [5.41, 5.74) is 1.14. The standard InChI is InChI=1S/C17H10Cl2N2O3/c18-11-4-2-5-12(19)14(11)16(22)21-13-6-1-3-9-7-10(17(23)24)8-20-15(9)13/h1-8H,(H,21,22)(H,23,24). The van der Waals surface area contributed by atoms with Gasteiger partial charge in [0.15, 0.2) is 0 Å². The Labute approximate surface area is 146 Å². The van der Waals surface area contributed by atoms with Crippen LogP contribution in [-0.4, -0.2) is 22.0 Å². The van der Waals surface area contributed by atoms with Crippen molar-refractivity contribution in [2.24, 2.45) is 0 Å². The van der Waals surface area contributed by atoms with E-state index in [1.807, 2.05) is 0 Å². The SMILES string of the molecule is O=C(O)c1cnc2c(NC(=O)c3c(Cl)cccc3Cl)cccc2c1. The zero-order valence-corrected chi connectivity index (χ0v) is 13.6. The van der Waals surface area contributed by atoms with Gasteiger partial charge in [0.1, 0.15) is 0 Å². The van der Waals surface area contributed by atoms with Crippen LogP contribution in [-0.2, 0) is 0 Å². The highest BCUT2D eigenvalue weighted by Crippen LogP contribution is 2.27. The van der Waals surface area contributed by atoms with E-state index in [4.69, 9.17) is 28.3 Å². The number of amides is 1. The molecular formula is C17H10Cl2N2O3. The maximum Gasteiger partial charge on any atom is 0.337 e. The van der Waals surface area contributed by atoms with Crippen molar-refractivity contribution in [2.75, 3.05) is 5.32 Å². The van der Waals surface area contributed by atoms with Gasteiger partial charge in [0, 0.05) is 11.6 Å². The second kappa shape index (κ2) is 6.47. The number of carboxylic acids is 1. The molecule has 0 spiro atoms. The van der Waals surface area contributed by atoms with Crippen LogP contribution in [0.15, 0.2) is 48.7 Å². The number of carbonyl (C=O) groups excluding carboxylic acids is 1. The summed E-state index contributed by atoms with van der Waals surface area (Å²) in [6.07, 6.45) is 1.24. The van der Waals surface area contributed by atoms with Crippen LogP contribution in [0.5, 0.6) is 0 Å². The van der Waals surface area contributed by atoms with Gasteiger partial charge in [-0.3, -0.25) is 9.78 Å². The average Bonchev–Trinajstić information content (AvgIpc) is 2.54. The van der Waals surface area contributed by atoms with Crippen LogP contribution in [0.3, 0.4) is 0 Å². The second-order valence-corrected chi connectivity index (χ2v) is 5.77. The Morgan fingerprint density at radius 3 is 2.38 bits per heavy atom. The summed E-state index contributed by atoms with van der Waals surface area (Å²) in [4.78, 5) is 27.6. The third-order valence-corrected chi connectivity index (χ3v) is 4.03. The fourth-order valence-electron chi connectivity index (χ4n) is 2.28. The van der Waals surface area contributed by atoms with Gasteiger partial charge < -0.3 is 10.4 Å². The molecule has 0 saturated carbocycles. The number of anilines is 1. The van der Waals surface area contributed by atoms with E-state index in [1.54, 1.807) is 36.4 Å². The number of benzene rings is 2. The number of nitrogens with one attached hydrogen (secondary N) is 1. The number of carbonyl (C=O) groups is 2. The first-order valence-corrected chi connectivity index (χ1v) is 7.60. The molecule has 0 radical (unpaired) electrons. The largest absolute Gasteiger partial charge is 0.478 e. The van der Waals surface area contributed by atoms with Crippen molar-refractivity contribution in [3.8, 4) is 0 Å². The first kappa shape index (κ1) is 16.2. The van der Waals surface area contributed by atoms with Crippen molar-refractivity contribution in [3.05, 3.63) is 69.8 Å². The van der Waals surface area contributed by atoms with Gasteiger partial charge in [-0.15, -0.1) is 0 Å². The Bertz CT molecular complexity index is 953. The van der Waals surface area contributed by atoms with Crippen LogP contribution in [0.4, 0.5) is 5.69 Å². The minimum Gasteiger partial charge on any atom is -0.478 e. The fraction of sp³-hybridized carbons (Fsp3) is 0. The molecule has 24 heavy (non-hydrogen) atoms. The molecule has 1 heterocycles. The van der Waals surface area contributed by atoms with E-state index in [0.29, 0.717) is 16.6 Å². The molecule has 2 aromatic carbocycles. The molecule has 0 saturated heterocycles. The molecular weight excluding hydrogens is 351 g/mol. The van der Waals surface area contributed by atoms with Crippen LogP contribution < -0.4 is 5.32 Å². The fourth-order valence-corrected chi connectivity index (χ4v) is 2.85. The summed E-state index contributed by atoms with van der Waals surface area (Å²) in [6, 6.07) is 11.4. The van der Waals surface area contributed by atoms with Gasteiger partial charge in [-0.1, -0.05) is 41.4 Å². The van der Waals surface area contributed by atoms with Crippen molar-refractivity contribution in [2.45, 2.75) is 0 Å². The van der Waals surface area contributed by atoms with Crippen molar-refractivity contribution >= 4 is 51.7 Å². The molecule has 0 aliphatic carbocycles. The third-order valence-electron chi connectivity index (χ3n) is 3.40. The number of rotatable bonds is 3. The number of halogens is 2. The molecule has 0 aliphatic heterocycles. The predicted octanol–water partition coefficient (Wildman–Crippen LogP) is 4.49. The molecule has 2 N–H and O–H groups in total. The Morgan fingerprint density at radius 2 is 1.71 bits per heavy atom. The Hall–Kier alpha value is -2.63. The zero-order valence-electron chi connectivity index (χ0n) is 12.1. The smallest absolute Gasteiger partial charge is 0.337 e. The molecule has 0 aliphatic rings. The van der Waals surface area contributed by atoms with Crippen LogP contribution in [0.1, 0.15) is 20.7 Å². The summed E-state index contributed by atoms with van der Waals surface area (Å²) in [5, 5.41) is 12.8. The van der Waals surface area contributed by atoms with Crippen LogP contribution >= 0.6 is 23.2 Å². The number of aromatic nitrogens is 1. The third kappa shape index (κ3) is 3.04. The Morgan fingerprint density at radius 1 is 1.04 bits per heavy atom. The van der Waals surface area contributed by atoms with E-state index in [0.717, 1.165) is 0 Å². The molecule has 3 aromatic rings. The maximum absolute atomic E-state index is 12.5. The first-order valence-electron chi connectivity index (χ1n) is 6.85. The highest BCUT2D eigenvalue weighted by molar-refractivity contribution is 6.40. The van der Waals surface area contributed by atoms with Crippen molar-refractivity contribution < 1.29 is 14.7 Å². The van der Waals surface area contributed by atoms with Gasteiger partial charge in [-0.05, 0) is 24.3 Å². The normalized spacial score (nSPS) is 10.6. The van der Waals surface area contributed by atoms with E-state index in [1.165, 1.54) is 12.3 Å². The monoisotopic (exact) mass is 360 g/mol. The Kier molecular flexibility index (Phi) is 4.38. The molecule has 7 heteroatoms. The van der Waals surface area contributed by atoms with Gasteiger partial charge in [0.05, 0.1) is 32.4 Å². The number of para-hydroxylation sites is 1. The van der Waals surface area contributed by atoms with Gasteiger partial charge in [0.25, 0.3) is 5.91 Å². The lowest BCUT2D eigenvalue weighted by Crippen LogP contribution is -2.13. The molecule has 0 atom stereocenters. The predicted molar refractivity (Wildman–Crippen MR) is 93.1 cm³/mol. The van der Waals surface area contributed by atoms with Gasteiger partial charge in [-0.2, -0.15) is 0 Å². The highest BCUT2D eigenvalue weighted by atomic mass is 35.5. The molecule has 5 nitrogen and oxygen atoms in total. The number of nitrogens with zero attached hydrogens (tertiary/aromatic N) is 1. The quantitative estimate of drug-likeness (QED) is 0.720. The van der Waals surface area contributed by atoms with Crippen molar-refractivity contribution in [3.63, 3.8) is 0 Å². The van der Waals surface area contributed by atoms with Gasteiger partial charge in [-0.25, -0.2) is 4.79 Å². The lowest BCUT2D eigenvalue weighted by atomic mass is 10.1. The van der Waals surface area contributed by atoms with Gasteiger partial charge >= 0.3 is 5.97 Å². The molecule has 120 valence electrons. The van der Waals surface area contributed by atoms with Crippen LogP contribution in [0.2, 0.25) is 10.0 Å². The highest BCUT2D eigenvalue weighted by Gasteiger charge is 2.16. The summed E-state index contributed by atoms with van der Waals surface area (Å²) in [5.74, 6) is -1.54. The molecule has 0 bridgehead atoms. The summed E-state index contributed by atoms with van der Waals surface area (Å²) in [6.45, 7) is 0. The molecule has 0 unspecified atom stereocenters. The molecule has 1 aromatic heterocycles. The number of hydrogen-bond donors (Lipinski definition) is 2. The van der Waals surface area contributed by atoms with E-state index >= 15 is 0 Å². The van der Waals surface area contributed by atoms with Crippen molar-refractivity contribution in [1.82, 2.24) is 4.98 Å². The number of fused-ring (bicyclic) bond motifs is 1. The number of pyridine rings is 1. The minimum atomic E-state index is -1.07. The molecule has 3 rings (SSSR count). The summed E-state index contributed by atoms with van der Waals surface area (Å²) >= 11 is 12.1. The summed E-state index contributed by atoms with van der Waals surface area (Å²) < 4.78 is 0. The van der Waals surface area contributed by atoms with Crippen molar-refractivity contribution in [1.29, 1.82) is 0 Å². The molecule has 0 fully saturated rings. The van der Waals surface area contributed by atoms with E-state index in [2.05, 4.69) is 10.3 Å². The molecule has 1 amide bonds. The summed E-state index contributed by atoms with van der Waals surface area (Å²) in [7, 11) is 0. The number of carboxylic acid groups (broad SMARTS) is 1. The topological polar surface area (TPSA) is 79.3 Å². The second-order valence-electron chi connectivity index (χ2n) is 4.96. The van der Waals surface area contributed by atoms with E-state index < -0.39 is 11.9 Å². The first-order chi connectivity index (χ1) is 11.5. The lowest BCUT2D eigenvalue weighted by molar-refractivity contribution is 0.0696. The van der Waals surface area contributed by atoms with Crippen LogP contribution in [0.25, 0.3) is 10.9 Å². The number of aromatic carboxylic acids is 1. The number of hydrogen-bond acceptors (Lipinski definition) is 3. The zero-order chi connectivity index (χ0) is 17.3. The average molecular weight is 361 g/mol. The van der Waals surface area contributed by atoms with E-state index in [-0.39, 0.29) is 21.2 Å². The van der Waals surface area contributed by atoms with E-state index in [9.17, 15) is 9.59 Å².